The molecule has 0 radical (unpaired) electrons. The van der Waals surface area contributed by atoms with Gasteiger partial charge in [-0.15, -0.1) is 24.8 Å². The maximum atomic E-state index is 9.92. The van der Waals surface area contributed by atoms with Crippen molar-refractivity contribution in [2.75, 3.05) is 6.61 Å². The molecule has 1 N–H and O–H groups in total. The van der Waals surface area contributed by atoms with Gasteiger partial charge in [-0.2, -0.15) is 0 Å². The number of aliphatic hydroxyl groups is 1. The Hall–Kier alpha value is 0.0231. The molecule has 2 aliphatic carbocycles. The van der Waals surface area contributed by atoms with Gasteiger partial charge in [0.25, 0.3) is 0 Å². The summed E-state index contributed by atoms with van der Waals surface area (Å²) in [5.74, 6) is 1.12. The summed E-state index contributed by atoms with van der Waals surface area (Å²) in [5.41, 5.74) is 0. The smallest absolute Gasteiger partial charge is 0.147 e. The van der Waals surface area contributed by atoms with Crippen LogP contribution < -0.4 is 0 Å². The Morgan fingerprint density at radius 1 is 1.35 bits per heavy atom. The molecule has 0 heterocycles. The Bertz CT molecular complexity index is 384. The van der Waals surface area contributed by atoms with Crippen LogP contribution in [-0.2, 0) is 28.0 Å². The molecule has 0 amide bonds. The first-order valence-corrected chi connectivity index (χ1v) is 7.65. The molecule has 5 heteroatoms. The van der Waals surface area contributed by atoms with Crippen molar-refractivity contribution in [1.82, 2.24) is 0 Å². The fourth-order valence-electron chi connectivity index (χ4n) is 1.66. The summed E-state index contributed by atoms with van der Waals surface area (Å²) in [6.45, 7) is 2.56. The van der Waals surface area contributed by atoms with Crippen molar-refractivity contribution in [3.8, 4) is 0 Å². The zero-order chi connectivity index (χ0) is 10.7. The Balaban J connectivity index is 0.00000128. The van der Waals surface area contributed by atoms with E-state index in [0.717, 1.165) is 12.8 Å². The van der Waals surface area contributed by atoms with E-state index in [1.165, 1.54) is 6.56 Å². The minimum Gasteiger partial charge on any atom is -0.147 e. The second-order valence-corrected chi connectivity index (χ2v) is 7.16. The average molecular weight is 354 g/mol. The van der Waals surface area contributed by atoms with E-state index in [9.17, 15) is 5.11 Å². The van der Waals surface area contributed by atoms with Gasteiger partial charge in [0.05, 0.1) is 0 Å². The van der Waals surface area contributed by atoms with E-state index in [1.54, 1.807) is 0 Å². The molecule has 2 aliphatic rings. The van der Waals surface area contributed by atoms with Gasteiger partial charge in [0, 0.05) is 0 Å². The summed E-state index contributed by atoms with van der Waals surface area (Å²) in [4.78, 5) is 0. The Morgan fingerprint density at radius 2 is 2.12 bits per heavy atom. The second-order valence-electron chi connectivity index (χ2n) is 3.48. The molecule has 0 aliphatic heterocycles. The van der Waals surface area contributed by atoms with Crippen molar-refractivity contribution in [2.24, 2.45) is 0 Å². The number of halogens is 2. The van der Waals surface area contributed by atoms with Crippen molar-refractivity contribution < 1.29 is 33.1 Å². The van der Waals surface area contributed by atoms with Crippen molar-refractivity contribution in [1.29, 1.82) is 0 Å². The van der Waals surface area contributed by atoms with E-state index in [4.69, 9.17) is 4.74 Å². The molecule has 0 fully saturated rings. The molecule has 0 aromatic carbocycles. The summed E-state index contributed by atoms with van der Waals surface area (Å²) >= 11 is -0.728. The minimum absolute atomic E-state index is 0. The van der Waals surface area contributed by atoms with E-state index in [2.05, 4.69) is 18.2 Å². The van der Waals surface area contributed by atoms with Crippen molar-refractivity contribution in [2.45, 2.75) is 19.8 Å². The molecule has 0 spiro atoms. The van der Waals surface area contributed by atoms with Crippen LogP contribution in [-0.4, -0.2) is 11.7 Å². The van der Waals surface area contributed by atoms with Crippen LogP contribution >= 0.6 is 24.8 Å². The number of hydrogen-bond donors (Lipinski definition) is 1. The maximum Gasteiger partial charge on any atom is -0.147 e. The van der Waals surface area contributed by atoms with Crippen LogP contribution in [0.25, 0.3) is 0 Å². The molecule has 2 rings (SSSR count). The molecule has 2 nitrogen and oxygen atoms in total. The first-order chi connectivity index (χ1) is 7.31. The first kappa shape index (κ1) is 17.0. The number of hydrogen-bond acceptors (Lipinski definition) is 2. The van der Waals surface area contributed by atoms with Gasteiger partial charge in [-0.1, -0.05) is 0 Å². The second kappa shape index (κ2) is 8.18. The van der Waals surface area contributed by atoms with E-state index in [-0.39, 0.29) is 24.8 Å². The van der Waals surface area contributed by atoms with E-state index in [1.807, 2.05) is 13.0 Å². The van der Waals surface area contributed by atoms with Crippen LogP contribution in [0.1, 0.15) is 19.8 Å². The van der Waals surface area contributed by atoms with Gasteiger partial charge in [0.1, 0.15) is 0 Å². The van der Waals surface area contributed by atoms with Crippen LogP contribution in [0, 0.1) is 0 Å². The normalized spacial score (nSPS) is 17.0. The van der Waals surface area contributed by atoms with Gasteiger partial charge in [0.2, 0.25) is 0 Å². The Labute approximate surface area is 126 Å². The fraction of sp³-hybridized carbons (Fsp3) is 0.333. The fourth-order valence-corrected chi connectivity index (χ4v) is 4.69. The molecular weight excluding hydrogens is 338 g/mol. The molecule has 0 aromatic rings. The standard InChI is InChI=1S/C7H9O2.C5H5.2ClH.Zr/c1-2-9-7-5-3-4-6(7)8;1-2-4-5-3-1;;;/h5,8H,2-3H2,1H3;1-3H,4H2;2*1H;. The largest absolute Gasteiger partial charge is 0.147 e. The van der Waals surface area contributed by atoms with Gasteiger partial charge >= 0.3 is 102 Å². The van der Waals surface area contributed by atoms with E-state index in [0.29, 0.717) is 18.1 Å². The van der Waals surface area contributed by atoms with Crippen molar-refractivity contribution in [3.63, 3.8) is 0 Å². The zero-order valence-electron chi connectivity index (χ0n) is 9.60. The molecule has 0 aromatic heterocycles. The topological polar surface area (TPSA) is 29.5 Å². The maximum absolute atomic E-state index is 9.92. The zero-order valence-corrected chi connectivity index (χ0v) is 13.7. The summed E-state index contributed by atoms with van der Waals surface area (Å²) in [7, 11) is 0. The van der Waals surface area contributed by atoms with E-state index >= 15 is 0 Å². The summed E-state index contributed by atoms with van der Waals surface area (Å²) in [5, 5.41) is 9.92. The SMILES string of the molecule is CCOC1=CC[C]([Zr][C]2=CC=CC2)=C1O.Cl.Cl. The van der Waals surface area contributed by atoms with Crippen LogP contribution in [0.3, 0.4) is 0 Å². The van der Waals surface area contributed by atoms with Crippen LogP contribution in [0.4, 0.5) is 0 Å². The average Bonchev–Trinajstić information content (AvgIpc) is 2.83. The molecule has 0 bridgehead atoms. The summed E-state index contributed by atoms with van der Waals surface area (Å²) in [6, 6.07) is 0. The molecule has 0 saturated heterocycles. The number of allylic oxidation sites excluding steroid dienone is 6. The third-order valence-corrected chi connectivity index (χ3v) is 5.92. The Kier molecular flexibility index (Phi) is 8.19. The predicted octanol–water partition coefficient (Wildman–Crippen LogP) is 3.85. The van der Waals surface area contributed by atoms with Crippen LogP contribution in [0.5, 0.6) is 0 Å². The molecule has 0 unspecified atom stereocenters. The van der Waals surface area contributed by atoms with Crippen molar-refractivity contribution in [3.05, 3.63) is 42.4 Å². The van der Waals surface area contributed by atoms with Crippen molar-refractivity contribution >= 4 is 24.8 Å². The molecule has 17 heavy (non-hydrogen) atoms. The monoisotopic (exact) mass is 352 g/mol. The molecule has 94 valence electrons. The number of aliphatic hydroxyl groups excluding tert-OH is 1. The van der Waals surface area contributed by atoms with Gasteiger partial charge in [-0.3, -0.25) is 0 Å². The third kappa shape index (κ3) is 4.31. The van der Waals surface area contributed by atoms with Crippen LogP contribution in [0.15, 0.2) is 42.4 Å². The quantitative estimate of drug-likeness (QED) is 0.831. The summed E-state index contributed by atoms with van der Waals surface area (Å²) in [6.07, 6.45) is 10.5. The molecule has 0 atom stereocenters. The van der Waals surface area contributed by atoms with Gasteiger partial charge < -0.3 is 0 Å². The molecular formula is C12H16Cl2O2Zr. The number of ether oxygens (including phenoxy) is 1. The van der Waals surface area contributed by atoms with Gasteiger partial charge in [-0.05, 0) is 0 Å². The van der Waals surface area contributed by atoms with E-state index < -0.39 is 23.2 Å². The minimum atomic E-state index is -0.728. The molecule has 0 saturated carbocycles. The Morgan fingerprint density at radius 3 is 2.71 bits per heavy atom. The van der Waals surface area contributed by atoms with Gasteiger partial charge in [-0.25, -0.2) is 0 Å². The predicted molar refractivity (Wildman–Crippen MR) is 70.3 cm³/mol. The van der Waals surface area contributed by atoms with Gasteiger partial charge in [0.15, 0.2) is 0 Å². The first-order valence-electron chi connectivity index (χ1n) is 5.19. The third-order valence-electron chi connectivity index (χ3n) is 2.39. The summed E-state index contributed by atoms with van der Waals surface area (Å²) < 4.78 is 8.14. The number of rotatable bonds is 4. The van der Waals surface area contributed by atoms with Crippen LogP contribution in [0.2, 0.25) is 0 Å².